The highest BCUT2D eigenvalue weighted by Gasteiger charge is 2.21. The van der Waals surface area contributed by atoms with Gasteiger partial charge in [-0.25, -0.2) is 0 Å². The van der Waals surface area contributed by atoms with E-state index in [2.05, 4.69) is 22.6 Å². The quantitative estimate of drug-likeness (QED) is 0.594. The molecule has 0 saturated heterocycles. The Kier molecular flexibility index (Phi) is 3.67. The van der Waals surface area contributed by atoms with E-state index in [0.717, 1.165) is 9.13 Å². The largest absolute Gasteiger partial charge is 0.294 e. The second-order valence-corrected chi connectivity index (χ2v) is 5.62. The summed E-state index contributed by atoms with van der Waals surface area (Å²) >= 11 is 8.15. The summed E-state index contributed by atoms with van der Waals surface area (Å²) in [5, 5.41) is 0.676. The van der Waals surface area contributed by atoms with E-state index in [1.807, 2.05) is 12.1 Å². The maximum absolute atomic E-state index is 11.9. The van der Waals surface area contributed by atoms with E-state index >= 15 is 0 Å². The molecule has 0 aromatic heterocycles. The predicted molar refractivity (Wildman–Crippen MR) is 70.5 cm³/mol. The van der Waals surface area contributed by atoms with Crippen LogP contribution >= 0.6 is 34.2 Å². The van der Waals surface area contributed by atoms with E-state index in [9.17, 15) is 4.79 Å². The first-order valence-electron chi connectivity index (χ1n) is 5.15. The number of rotatable bonds is 3. The Hall–Kier alpha value is -0.0900. The third kappa shape index (κ3) is 2.72. The molecule has 1 saturated carbocycles. The van der Waals surface area contributed by atoms with Crippen LogP contribution in [0, 0.1) is 9.49 Å². The van der Waals surface area contributed by atoms with Crippen molar-refractivity contribution < 1.29 is 4.79 Å². The molecule has 0 radical (unpaired) electrons. The molecular formula is C12H12ClIO. The van der Waals surface area contributed by atoms with Crippen LogP contribution in [0.3, 0.4) is 0 Å². The van der Waals surface area contributed by atoms with Gasteiger partial charge in [0.1, 0.15) is 0 Å². The summed E-state index contributed by atoms with van der Waals surface area (Å²) in [6, 6.07) is 5.55. The molecule has 0 spiro atoms. The number of Topliss-reactive ketones (excluding diaryl/α,β-unsaturated/α-hetero) is 1. The molecule has 0 amide bonds. The molecule has 0 aliphatic heterocycles. The minimum Gasteiger partial charge on any atom is -0.294 e. The second-order valence-electron chi connectivity index (χ2n) is 4.05. The molecule has 3 heteroatoms. The van der Waals surface area contributed by atoms with Gasteiger partial charge in [-0.1, -0.05) is 36.9 Å². The number of ketones is 1. The van der Waals surface area contributed by atoms with Gasteiger partial charge in [0.2, 0.25) is 0 Å². The van der Waals surface area contributed by atoms with Gasteiger partial charge in [0, 0.05) is 15.6 Å². The fourth-order valence-corrected chi connectivity index (χ4v) is 2.26. The standard InChI is InChI=1S/C12H12ClIO/c13-10-7-9(4-5-11(10)14)12(15)6-8-2-1-3-8/h4-5,7-8H,1-3,6H2. The highest BCUT2D eigenvalue weighted by Crippen LogP contribution is 2.31. The molecule has 80 valence electrons. The zero-order valence-electron chi connectivity index (χ0n) is 8.30. The molecule has 0 unspecified atom stereocenters. The Bertz CT molecular complexity index is 385. The summed E-state index contributed by atoms with van der Waals surface area (Å²) in [7, 11) is 0. The molecule has 1 aliphatic carbocycles. The van der Waals surface area contributed by atoms with Gasteiger partial charge in [-0.15, -0.1) is 0 Å². The number of halogens is 2. The Labute approximate surface area is 108 Å². The van der Waals surface area contributed by atoms with Crippen molar-refractivity contribution in [3.05, 3.63) is 32.4 Å². The molecule has 0 N–H and O–H groups in total. The highest BCUT2D eigenvalue weighted by atomic mass is 127. The van der Waals surface area contributed by atoms with Crippen LogP contribution in [0.1, 0.15) is 36.0 Å². The van der Waals surface area contributed by atoms with Crippen molar-refractivity contribution in [2.45, 2.75) is 25.7 Å². The third-order valence-electron chi connectivity index (χ3n) is 2.94. The molecule has 1 aromatic rings. The first kappa shape index (κ1) is 11.4. The van der Waals surface area contributed by atoms with Gasteiger partial charge in [0.25, 0.3) is 0 Å². The van der Waals surface area contributed by atoms with Crippen LogP contribution in [-0.4, -0.2) is 5.78 Å². The lowest BCUT2D eigenvalue weighted by Gasteiger charge is -2.24. The SMILES string of the molecule is O=C(CC1CCC1)c1ccc(I)c(Cl)c1. The topological polar surface area (TPSA) is 17.1 Å². The molecule has 1 fully saturated rings. The Morgan fingerprint density at radius 2 is 2.20 bits per heavy atom. The number of carbonyl (C=O) groups excluding carboxylic acids is 1. The maximum Gasteiger partial charge on any atom is 0.163 e. The van der Waals surface area contributed by atoms with Gasteiger partial charge in [-0.05, 0) is 40.6 Å². The zero-order valence-corrected chi connectivity index (χ0v) is 11.2. The van der Waals surface area contributed by atoms with E-state index in [4.69, 9.17) is 11.6 Å². The minimum absolute atomic E-state index is 0.234. The van der Waals surface area contributed by atoms with Gasteiger partial charge < -0.3 is 0 Å². The second kappa shape index (κ2) is 4.83. The molecule has 0 bridgehead atoms. The molecule has 0 heterocycles. The summed E-state index contributed by atoms with van der Waals surface area (Å²) in [6.07, 6.45) is 4.40. The average Bonchev–Trinajstić information content (AvgIpc) is 2.15. The van der Waals surface area contributed by atoms with Crippen LogP contribution in [0.15, 0.2) is 18.2 Å². The Balaban J connectivity index is 2.07. The average molecular weight is 335 g/mol. The summed E-state index contributed by atoms with van der Waals surface area (Å²) in [5.41, 5.74) is 0.757. The monoisotopic (exact) mass is 334 g/mol. The molecule has 15 heavy (non-hydrogen) atoms. The molecule has 1 aromatic carbocycles. The molecule has 0 atom stereocenters. The summed E-state index contributed by atoms with van der Waals surface area (Å²) in [6.45, 7) is 0. The fraction of sp³-hybridized carbons (Fsp3) is 0.417. The van der Waals surface area contributed by atoms with E-state index in [1.165, 1.54) is 19.3 Å². The fourth-order valence-electron chi connectivity index (χ4n) is 1.75. The van der Waals surface area contributed by atoms with Gasteiger partial charge in [-0.2, -0.15) is 0 Å². The molecule has 1 aliphatic rings. The van der Waals surface area contributed by atoms with Crippen LogP contribution in [0.5, 0.6) is 0 Å². The van der Waals surface area contributed by atoms with Crippen molar-refractivity contribution in [2.24, 2.45) is 5.92 Å². The first-order valence-corrected chi connectivity index (χ1v) is 6.61. The van der Waals surface area contributed by atoms with E-state index in [1.54, 1.807) is 6.07 Å². The van der Waals surface area contributed by atoms with E-state index in [-0.39, 0.29) is 5.78 Å². The van der Waals surface area contributed by atoms with Crippen molar-refractivity contribution in [3.63, 3.8) is 0 Å². The van der Waals surface area contributed by atoms with Gasteiger partial charge in [0.05, 0.1) is 5.02 Å². The predicted octanol–water partition coefficient (Wildman–Crippen LogP) is 4.32. The van der Waals surface area contributed by atoms with E-state index in [0.29, 0.717) is 17.4 Å². The lowest BCUT2D eigenvalue weighted by molar-refractivity contribution is 0.0936. The maximum atomic E-state index is 11.9. The van der Waals surface area contributed by atoms with Crippen molar-refractivity contribution in [3.8, 4) is 0 Å². The lowest BCUT2D eigenvalue weighted by atomic mass is 9.81. The smallest absolute Gasteiger partial charge is 0.163 e. The van der Waals surface area contributed by atoms with Crippen molar-refractivity contribution >= 4 is 40.0 Å². The van der Waals surface area contributed by atoms with Crippen molar-refractivity contribution in [2.75, 3.05) is 0 Å². The zero-order chi connectivity index (χ0) is 10.8. The van der Waals surface area contributed by atoms with Crippen molar-refractivity contribution in [1.29, 1.82) is 0 Å². The number of hydrogen-bond acceptors (Lipinski definition) is 1. The molecular weight excluding hydrogens is 322 g/mol. The van der Waals surface area contributed by atoms with Crippen LogP contribution in [-0.2, 0) is 0 Å². The van der Waals surface area contributed by atoms with Gasteiger partial charge in [0.15, 0.2) is 5.78 Å². The summed E-state index contributed by atoms with van der Waals surface area (Å²) in [5.74, 6) is 0.855. The van der Waals surface area contributed by atoms with Gasteiger partial charge in [-0.3, -0.25) is 4.79 Å². The summed E-state index contributed by atoms with van der Waals surface area (Å²) < 4.78 is 0.995. The Morgan fingerprint density at radius 3 is 2.73 bits per heavy atom. The summed E-state index contributed by atoms with van der Waals surface area (Å²) in [4.78, 5) is 11.9. The Morgan fingerprint density at radius 1 is 1.47 bits per heavy atom. The van der Waals surface area contributed by atoms with Gasteiger partial charge >= 0.3 is 0 Å². The number of hydrogen-bond donors (Lipinski definition) is 0. The van der Waals surface area contributed by atoms with Crippen LogP contribution < -0.4 is 0 Å². The third-order valence-corrected chi connectivity index (χ3v) is 4.51. The molecule has 2 rings (SSSR count). The van der Waals surface area contributed by atoms with Crippen LogP contribution in [0.2, 0.25) is 5.02 Å². The highest BCUT2D eigenvalue weighted by molar-refractivity contribution is 14.1. The van der Waals surface area contributed by atoms with Crippen LogP contribution in [0.4, 0.5) is 0 Å². The number of carbonyl (C=O) groups is 1. The van der Waals surface area contributed by atoms with Crippen molar-refractivity contribution in [1.82, 2.24) is 0 Å². The minimum atomic E-state index is 0.234. The van der Waals surface area contributed by atoms with E-state index < -0.39 is 0 Å². The molecule has 1 nitrogen and oxygen atoms in total. The first-order chi connectivity index (χ1) is 7.16. The van der Waals surface area contributed by atoms with Crippen LogP contribution in [0.25, 0.3) is 0 Å². The normalized spacial score (nSPS) is 16.1. The number of benzene rings is 1. The lowest BCUT2D eigenvalue weighted by Crippen LogP contribution is -2.15.